The van der Waals surface area contributed by atoms with Gasteiger partial charge in [-0.25, -0.2) is 4.79 Å². The molecule has 0 saturated carbocycles. The molecule has 2 heterocycles. The molecular weight excluding hydrogens is 318 g/mol. The molecule has 25 heavy (non-hydrogen) atoms. The lowest BCUT2D eigenvalue weighted by Gasteiger charge is -2.34. The van der Waals surface area contributed by atoms with Gasteiger partial charge in [0.05, 0.1) is 12.7 Å². The average molecular weight is 343 g/mol. The Morgan fingerprint density at radius 3 is 2.48 bits per heavy atom. The lowest BCUT2D eigenvalue weighted by Crippen LogP contribution is -2.53. The Kier molecular flexibility index (Phi) is 4.97. The van der Waals surface area contributed by atoms with Crippen molar-refractivity contribution in [2.45, 2.75) is 27.2 Å². The Bertz CT molecular complexity index is 789. The minimum atomic E-state index is -0.0544. The van der Waals surface area contributed by atoms with Gasteiger partial charge < -0.3 is 19.5 Å². The highest BCUT2D eigenvalue weighted by atomic mass is 16.3. The van der Waals surface area contributed by atoms with Crippen molar-refractivity contribution in [1.82, 2.24) is 15.1 Å². The van der Waals surface area contributed by atoms with E-state index in [1.165, 1.54) is 5.56 Å². The number of amides is 3. The van der Waals surface area contributed by atoms with Crippen molar-refractivity contribution < 1.29 is 14.0 Å². The number of piperazine rings is 1. The van der Waals surface area contributed by atoms with E-state index < -0.39 is 0 Å². The molecule has 6 heteroatoms. The lowest BCUT2D eigenvalue weighted by molar-refractivity contribution is -0.131. The van der Waals surface area contributed by atoms with Gasteiger partial charge in [0.15, 0.2) is 0 Å². The molecule has 0 atom stereocenters. The van der Waals surface area contributed by atoms with Gasteiger partial charge in [0.1, 0.15) is 5.58 Å². The van der Waals surface area contributed by atoms with Crippen molar-refractivity contribution >= 4 is 22.9 Å². The van der Waals surface area contributed by atoms with Crippen LogP contribution in [0.3, 0.4) is 0 Å². The number of furan rings is 1. The monoisotopic (exact) mass is 343 g/mol. The van der Waals surface area contributed by atoms with Gasteiger partial charge in [-0.3, -0.25) is 4.79 Å². The number of carbonyl (C=O) groups is 2. The van der Waals surface area contributed by atoms with Gasteiger partial charge >= 0.3 is 6.03 Å². The smallest absolute Gasteiger partial charge is 0.317 e. The first kappa shape index (κ1) is 17.3. The number of benzene rings is 1. The first-order chi connectivity index (χ1) is 12.0. The van der Waals surface area contributed by atoms with E-state index in [9.17, 15) is 9.59 Å². The summed E-state index contributed by atoms with van der Waals surface area (Å²) in [5, 5.41) is 3.81. The van der Waals surface area contributed by atoms with Crippen LogP contribution in [0.15, 0.2) is 22.8 Å². The second-order valence-corrected chi connectivity index (χ2v) is 6.53. The van der Waals surface area contributed by atoms with Gasteiger partial charge in [0, 0.05) is 43.7 Å². The molecular formula is C19H25N3O3. The van der Waals surface area contributed by atoms with Crippen LogP contribution in [0.1, 0.15) is 23.6 Å². The SMILES string of the molecule is CCNC(=O)N1CCN(C(=O)Cc2coc3c(C)c(C)ccc23)CC1. The Hall–Kier alpha value is -2.50. The highest BCUT2D eigenvalue weighted by Gasteiger charge is 2.24. The number of nitrogens with one attached hydrogen (secondary N) is 1. The zero-order valence-corrected chi connectivity index (χ0v) is 15.1. The Morgan fingerprint density at radius 1 is 1.12 bits per heavy atom. The number of rotatable bonds is 3. The third-order valence-electron chi connectivity index (χ3n) is 4.93. The molecule has 1 aromatic carbocycles. The maximum atomic E-state index is 12.6. The van der Waals surface area contributed by atoms with Crippen molar-refractivity contribution in [3.63, 3.8) is 0 Å². The molecule has 0 aliphatic carbocycles. The summed E-state index contributed by atoms with van der Waals surface area (Å²) in [6.07, 6.45) is 2.02. The van der Waals surface area contributed by atoms with Crippen LogP contribution in [-0.2, 0) is 11.2 Å². The molecule has 1 aliphatic rings. The molecule has 0 unspecified atom stereocenters. The van der Waals surface area contributed by atoms with Crippen LogP contribution in [0.2, 0.25) is 0 Å². The molecule has 3 rings (SSSR count). The third kappa shape index (κ3) is 3.48. The fraction of sp³-hybridized carbons (Fsp3) is 0.474. The van der Waals surface area contributed by atoms with E-state index in [1.54, 1.807) is 11.2 Å². The fourth-order valence-electron chi connectivity index (χ4n) is 3.22. The molecule has 1 saturated heterocycles. The zero-order valence-electron chi connectivity index (χ0n) is 15.1. The van der Waals surface area contributed by atoms with Gasteiger partial charge in [-0.1, -0.05) is 12.1 Å². The fourth-order valence-corrected chi connectivity index (χ4v) is 3.22. The standard InChI is InChI=1S/C19H25N3O3/c1-4-20-19(24)22-9-7-21(8-10-22)17(23)11-15-12-25-18-14(3)13(2)5-6-16(15)18/h5-6,12H,4,7-11H2,1-3H3,(H,20,24). The van der Waals surface area contributed by atoms with E-state index in [-0.39, 0.29) is 11.9 Å². The molecule has 3 amide bonds. The minimum absolute atomic E-state index is 0.0544. The van der Waals surface area contributed by atoms with Crippen molar-refractivity contribution in [1.29, 1.82) is 0 Å². The van der Waals surface area contributed by atoms with Gasteiger partial charge in [0.2, 0.25) is 5.91 Å². The van der Waals surface area contributed by atoms with E-state index in [0.717, 1.165) is 22.1 Å². The summed E-state index contributed by atoms with van der Waals surface area (Å²) in [6.45, 7) is 8.89. The van der Waals surface area contributed by atoms with E-state index >= 15 is 0 Å². The highest BCUT2D eigenvalue weighted by molar-refractivity contribution is 5.89. The second-order valence-electron chi connectivity index (χ2n) is 6.53. The number of urea groups is 1. The number of aryl methyl sites for hydroxylation is 2. The molecule has 1 N–H and O–H groups in total. The number of hydrogen-bond acceptors (Lipinski definition) is 3. The Balaban J connectivity index is 1.64. The maximum Gasteiger partial charge on any atom is 0.317 e. The summed E-state index contributed by atoms with van der Waals surface area (Å²) in [5.74, 6) is 0.0801. The molecule has 134 valence electrons. The number of carbonyl (C=O) groups excluding carboxylic acids is 2. The van der Waals surface area contributed by atoms with E-state index in [1.807, 2.05) is 24.8 Å². The molecule has 0 spiro atoms. The molecule has 0 radical (unpaired) electrons. The first-order valence-electron chi connectivity index (χ1n) is 8.78. The Labute approximate surface area is 147 Å². The lowest BCUT2D eigenvalue weighted by atomic mass is 10.0. The topological polar surface area (TPSA) is 65.8 Å². The molecule has 1 aromatic heterocycles. The summed E-state index contributed by atoms with van der Waals surface area (Å²) in [4.78, 5) is 28.0. The van der Waals surface area contributed by atoms with Crippen molar-refractivity contribution in [3.8, 4) is 0 Å². The van der Waals surface area contributed by atoms with Crippen LogP contribution >= 0.6 is 0 Å². The van der Waals surface area contributed by atoms with Gasteiger partial charge in [-0.05, 0) is 31.9 Å². The van der Waals surface area contributed by atoms with Crippen molar-refractivity contribution in [2.75, 3.05) is 32.7 Å². The first-order valence-corrected chi connectivity index (χ1v) is 8.78. The van der Waals surface area contributed by atoms with Gasteiger partial charge in [-0.2, -0.15) is 0 Å². The predicted octanol–water partition coefficient (Wildman–Crippen LogP) is 2.47. The number of fused-ring (bicyclic) bond motifs is 1. The molecule has 1 fully saturated rings. The normalized spacial score (nSPS) is 14.8. The summed E-state index contributed by atoms with van der Waals surface area (Å²) >= 11 is 0. The van der Waals surface area contributed by atoms with Crippen LogP contribution in [0.4, 0.5) is 4.79 Å². The summed E-state index contributed by atoms with van der Waals surface area (Å²) < 4.78 is 5.69. The molecule has 6 nitrogen and oxygen atoms in total. The van der Waals surface area contributed by atoms with Crippen molar-refractivity contribution in [3.05, 3.63) is 35.1 Å². The largest absolute Gasteiger partial charge is 0.464 e. The molecule has 1 aliphatic heterocycles. The van der Waals surface area contributed by atoms with Crippen LogP contribution in [0, 0.1) is 13.8 Å². The third-order valence-corrected chi connectivity index (χ3v) is 4.93. The quantitative estimate of drug-likeness (QED) is 0.931. The van der Waals surface area contributed by atoms with Crippen LogP contribution in [0.5, 0.6) is 0 Å². The van der Waals surface area contributed by atoms with E-state index in [2.05, 4.69) is 18.3 Å². The van der Waals surface area contributed by atoms with Gasteiger partial charge in [0.25, 0.3) is 0 Å². The number of hydrogen-bond donors (Lipinski definition) is 1. The molecule has 0 bridgehead atoms. The summed E-state index contributed by atoms with van der Waals surface area (Å²) in [6, 6.07) is 4.03. The van der Waals surface area contributed by atoms with Crippen LogP contribution in [-0.4, -0.2) is 54.5 Å². The van der Waals surface area contributed by atoms with Crippen LogP contribution in [0.25, 0.3) is 11.0 Å². The van der Waals surface area contributed by atoms with Gasteiger partial charge in [-0.15, -0.1) is 0 Å². The predicted molar refractivity (Wildman–Crippen MR) is 96.6 cm³/mol. The van der Waals surface area contributed by atoms with E-state index in [4.69, 9.17) is 4.42 Å². The second kappa shape index (κ2) is 7.17. The minimum Gasteiger partial charge on any atom is -0.464 e. The summed E-state index contributed by atoms with van der Waals surface area (Å²) in [7, 11) is 0. The Morgan fingerprint density at radius 2 is 1.80 bits per heavy atom. The molecule has 2 aromatic rings. The maximum absolute atomic E-state index is 12.6. The zero-order chi connectivity index (χ0) is 18.0. The number of nitrogens with zero attached hydrogens (tertiary/aromatic N) is 2. The van der Waals surface area contributed by atoms with E-state index in [0.29, 0.717) is 39.1 Å². The highest BCUT2D eigenvalue weighted by Crippen LogP contribution is 2.27. The van der Waals surface area contributed by atoms with Crippen LogP contribution < -0.4 is 5.32 Å². The van der Waals surface area contributed by atoms with Crippen molar-refractivity contribution in [2.24, 2.45) is 0 Å². The average Bonchev–Trinajstić information content (AvgIpc) is 3.02. The summed E-state index contributed by atoms with van der Waals surface area (Å²) in [5.41, 5.74) is 4.09.